The van der Waals surface area contributed by atoms with Crippen molar-refractivity contribution in [3.63, 3.8) is 0 Å². The highest BCUT2D eigenvalue weighted by molar-refractivity contribution is 5.76. The molecule has 34 heavy (non-hydrogen) atoms. The molecule has 0 N–H and O–H groups in total. The van der Waals surface area contributed by atoms with Gasteiger partial charge in [0.05, 0.1) is 23.6 Å². The molecule has 5 nitrogen and oxygen atoms in total. The maximum atomic E-state index is 13.2. The van der Waals surface area contributed by atoms with Crippen LogP contribution in [0.3, 0.4) is 0 Å². The quantitative estimate of drug-likeness (QED) is 0.458. The number of carbonyl (C=O) groups excluding carboxylic acids is 1. The van der Waals surface area contributed by atoms with Gasteiger partial charge in [0.15, 0.2) is 0 Å². The Morgan fingerprint density at radius 2 is 1.74 bits per heavy atom. The number of nitrogens with zero attached hydrogens (tertiary/aromatic N) is 4. The predicted molar refractivity (Wildman–Crippen MR) is 135 cm³/mol. The Kier molecular flexibility index (Phi) is 7.10. The molecule has 178 valence electrons. The molecule has 0 radical (unpaired) electrons. The first kappa shape index (κ1) is 22.9. The Bertz CT molecular complexity index is 1090. The Hall–Kier alpha value is -2.92. The molecule has 3 aromatic rings. The van der Waals surface area contributed by atoms with E-state index < -0.39 is 0 Å². The van der Waals surface area contributed by atoms with E-state index in [1.54, 1.807) is 0 Å². The SMILES string of the molecule is CCN(Cc1nn(-c2ccccc2)c2c1CN(Cc1ccccc1)CC2)C(=O)CC1CCCC1. The van der Waals surface area contributed by atoms with Crippen LogP contribution >= 0.6 is 0 Å². The average Bonchev–Trinajstić information content (AvgIpc) is 3.51. The van der Waals surface area contributed by atoms with Crippen LogP contribution in [0, 0.1) is 5.92 Å². The van der Waals surface area contributed by atoms with E-state index in [9.17, 15) is 4.79 Å². The van der Waals surface area contributed by atoms with Crippen molar-refractivity contribution in [2.45, 2.75) is 65.1 Å². The lowest BCUT2D eigenvalue weighted by Gasteiger charge is -2.28. The summed E-state index contributed by atoms with van der Waals surface area (Å²) in [4.78, 5) is 17.7. The molecular formula is C29H36N4O. The van der Waals surface area contributed by atoms with Gasteiger partial charge in [-0.3, -0.25) is 9.69 Å². The van der Waals surface area contributed by atoms with Gasteiger partial charge in [-0.05, 0) is 43.4 Å². The molecule has 2 aromatic carbocycles. The standard InChI is InChI=1S/C29H36N4O/c1-2-32(29(34)19-23-11-9-10-12-23)22-27-26-21-31(20-24-13-5-3-6-14-24)18-17-28(26)33(30-27)25-15-7-4-8-16-25/h3-8,13-16,23H,2,9-12,17-22H2,1H3. The van der Waals surface area contributed by atoms with Gasteiger partial charge in [0.1, 0.15) is 0 Å². The van der Waals surface area contributed by atoms with Crippen molar-refractivity contribution in [1.29, 1.82) is 0 Å². The number of benzene rings is 2. The molecule has 5 heteroatoms. The average molecular weight is 457 g/mol. The lowest BCUT2D eigenvalue weighted by Crippen LogP contribution is -2.33. The lowest BCUT2D eigenvalue weighted by atomic mass is 10.0. The van der Waals surface area contributed by atoms with Gasteiger partial charge in [-0.25, -0.2) is 4.68 Å². The van der Waals surface area contributed by atoms with E-state index in [1.165, 1.54) is 42.5 Å². The van der Waals surface area contributed by atoms with Crippen molar-refractivity contribution in [3.05, 3.63) is 83.2 Å². The molecule has 2 aliphatic rings. The van der Waals surface area contributed by atoms with Gasteiger partial charge in [0, 0.05) is 44.6 Å². The number of para-hydroxylation sites is 1. The van der Waals surface area contributed by atoms with Crippen LogP contribution in [0.1, 0.15) is 61.5 Å². The van der Waals surface area contributed by atoms with Gasteiger partial charge >= 0.3 is 0 Å². The molecule has 0 spiro atoms. The zero-order chi connectivity index (χ0) is 23.3. The highest BCUT2D eigenvalue weighted by Gasteiger charge is 2.28. The second-order valence-corrected chi connectivity index (χ2v) is 9.83. The maximum Gasteiger partial charge on any atom is 0.223 e. The molecule has 5 rings (SSSR count). The number of hydrogen-bond acceptors (Lipinski definition) is 3. The van der Waals surface area contributed by atoms with Crippen LogP contribution in [0.5, 0.6) is 0 Å². The van der Waals surface area contributed by atoms with Crippen molar-refractivity contribution < 1.29 is 4.79 Å². The summed E-state index contributed by atoms with van der Waals surface area (Å²) < 4.78 is 2.12. The maximum absolute atomic E-state index is 13.2. The summed E-state index contributed by atoms with van der Waals surface area (Å²) in [7, 11) is 0. The molecule has 1 aromatic heterocycles. The Labute approximate surface area is 203 Å². The van der Waals surface area contributed by atoms with Crippen LogP contribution in [0.25, 0.3) is 5.69 Å². The third-order valence-corrected chi connectivity index (χ3v) is 7.48. The molecule has 0 unspecified atom stereocenters. The third kappa shape index (κ3) is 5.10. The zero-order valence-corrected chi connectivity index (χ0v) is 20.3. The van der Waals surface area contributed by atoms with Gasteiger partial charge in [0.2, 0.25) is 5.91 Å². The van der Waals surface area contributed by atoms with Gasteiger partial charge in [-0.1, -0.05) is 61.4 Å². The van der Waals surface area contributed by atoms with E-state index in [4.69, 9.17) is 5.10 Å². The Balaban J connectivity index is 1.40. The molecule has 1 aliphatic heterocycles. The van der Waals surface area contributed by atoms with Crippen molar-refractivity contribution in [2.75, 3.05) is 13.1 Å². The van der Waals surface area contributed by atoms with Crippen LogP contribution in [0.4, 0.5) is 0 Å². The fourth-order valence-corrected chi connectivity index (χ4v) is 5.58. The zero-order valence-electron chi connectivity index (χ0n) is 20.3. The number of carbonyl (C=O) groups is 1. The fraction of sp³-hybridized carbons (Fsp3) is 0.448. The van der Waals surface area contributed by atoms with E-state index in [-0.39, 0.29) is 5.91 Å². The minimum absolute atomic E-state index is 0.286. The van der Waals surface area contributed by atoms with Gasteiger partial charge in [0.25, 0.3) is 0 Å². The van der Waals surface area contributed by atoms with Crippen LogP contribution in [-0.4, -0.2) is 38.6 Å². The van der Waals surface area contributed by atoms with Crippen LogP contribution in [0.2, 0.25) is 0 Å². The first-order valence-corrected chi connectivity index (χ1v) is 12.9. The molecule has 0 atom stereocenters. The fourth-order valence-electron chi connectivity index (χ4n) is 5.58. The second-order valence-electron chi connectivity index (χ2n) is 9.83. The lowest BCUT2D eigenvalue weighted by molar-refractivity contribution is -0.132. The Morgan fingerprint density at radius 3 is 2.44 bits per heavy atom. The van der Waals surface area contributed by atoms with Crippen molar-refractivity contribution >= 4 is 5.91 Å². The number of rotatable bonds is 8. The number of amides is 1. The summed E-state index contributed by atoms with van der Waals surface area (Å²) in [6.45, 7) is 6.25. The van der Waals surface area contributed by atoms with E-state index in [2.05, 4.69) is 71.1 Å². The topological polar surface area (TPSA) is 41.4 Å². The van der Waals surface area contributed by atoms with E-state index in [0.29, 0.717) is 18.9 Å². The Morgan fingerprint density at radius 1 is 1.03 bits per heavy atom. The molecule has 1 amide bonds. The van der Waals surface area contributed by atoms with E-state index in [1.807, 2.05) is 11.0 Å². The van der Waals surface area contributed by atoms with Crippen LogP contribution in [-0.2, 0) is 30.8 Å². The van der Waals surface area contributed by atoms with Crippen molar-refractivity contribution in [1.82, 2.24) is 19.6 Å². The second kappa shape index (κ2) is 10.6. The van der Waals surface area contributed by atoms with E-state index in [0.717, 1.165) is 44.0 Å². The largest absolute Gasteiger partial charge is 0.337 e. The smallest absolute Gasteiger partial charge is 0.223 e. The monoisotopic (exact) mass is 456 g/mol. The predicted octanol–water partition coefficient (Wildman–Crippen LogP) is 5.36. The molecule has 2 heterocycles. The summed E-state index contributed by atoms with van der Waals surface area (Å²) in [5, 5.41) is 5.10. The van der Waals surface area contributed by atoms with Crippen molar-refractivity contribution in [3.8, 4) is 5.69 Å². The van der Waals surface area contributed by atoms with Gasteiger partial charge in [-0.15, -0.1) is 0 Å². The first-order chi connectivity index (χ1) is 16.7. The van der Waals surface area contributed by atoms with Gasteiger partial charge in [-0.2, -0.15) is 5.10 Å². The molecule has 1 fully saturated rings. The summed E-state index contributed by atoms with van der Waals surface area (Å²) in [5.74, 6) is 0.855. The number of hydrogen-bond donors (Lipinski definition) is 0. The van der Waals surface area contributed by atoms with Crippen molar-refractivity contribution in [2.24, 2.45) is 5.92 Å². The number of fused-ring (bicyclic) bond motifs is 1. The highest BCUT2D eigenvalue weighted by atomic mass is 16.2. The molecule has 1 aliphatic carbocycles. The summed E-state index contributed by atoms with van der Waals surface area (Å²) in [5.41, 5.74) is 6.09. The highest BCUT2D eigenvalue weighted by Crippen LogP contribution is 2.30. The van der Waals surface area contributed by atoms with Crippen LogP contribution in [0.15, 0.2) is 60.7 Å². The molecule has 0 saturated heterocycles. The van der Waals surface area contributed by atoms with Crippen LogP contribution < -0.4 is 0 Å². The van der Waals surface area contributed by atoms with E-state index >= 15 is 0 Å². The van der Waals surface area contributed by atoms with Gasteiger partial charge < -0.3 is 4.90 Å². The first-order valence-electron chi connectivity index (χ1n) is 12.9. The number of aromatic nitrogens is 2. The normalized spacial score (nSPS) is 16.5. The molecule has 1 saturated carbocycles. The summed E-state index contributed by atoms with van der Waals surface area (Å²) >= 11 is 0. The third-order valence-electron chi connectivity index (χ3n) is 7.48. The summed E-state index contributed by atoms with van der Waals surface area (Å²) in [6.07, 6.45) is 6.61. The minimum atomic E-state index is 0.286. The minimum Gasteiger partial charge on any atom is -0.337 e. The summed E-state index contributed by atoms with van der Waals surface area (Å²) in [6, 6.07) is 21.1. The molecular weight excluding hydrogens is 420 g/mol. The molecule has 0 bridgehead atoms.